The maximum Gasteiger partial charge on any atom is 0.416 e. The van der Waals surface area contributed by atoms with Crippen LogP contribution in [-0.4, -0.2) is 48.4 Å². The van der Waals surface area contributed by atoms with Crippen molar-refractivity contribution in [2.75, 3.05) is 26.3 Å². The summed E-state index contributed by atoms with van der Waals surface area (Å²) in [6, 6.07) is 7.56. The molecule has 1 aliphatic rings. The number of rotatable bonds is 6. The fraction of sp³-hybridized carbons (Fsp3) is 0.250. The Morgan fingerprint density at radius 2 is 1.91 bits per heavy atom. The van der Waals surface area contributed by atoms with Crippen LogP contribution in [0.3, 0.4) is 0 Å². The van der Waals surface area contributed by atoms with Crippen molar-refractivity contribution >= 4 is 23.7 Å². The van der Waals surface area contributed by atoms with Gasteiger partial charge in [-0.05, 0) is 48.4 Å². The lowest BCUT2D eigenvalue weighted by atomic mass is 10.0. The van der Waals surface area contributed by atoms with Gasteiger partial charge in [-0.2, -0.15) is 18.3 Å². The highest BCUT2D eigenvalue weighted by Gasteiger charge is 2.30. The van der Waals surface area contributed by atoms with Crippen molar-refractivity contribution in [3.63, 3.8) is 0 Å². The summed E-state index contributed by atoms with van der Waals surface area (Å²) in [6.07, 6.45) is -2.20. The summed E-state index contributed by atoms with van der Waals surface area (Å²) in [4.78, 5) is 5.96. The quantitative estimate of drug-likeness (QED) is 0.171. The minimum absolute atomic E-state index is 0.0580. The number of morpholine rings is 1. The molecule has 1 fully saturated rings. The highest BCUT2D eigenvalue weighted by atomic mass is 35.5. The molecule has 0 amide bonds. The number of phenols is 1. The topological polar surface area (TPSA) is 69.5 Å². The number of benzene rings is 2. The van der Waals surface area contributed by atoms with Gasteiger partial charge in [0, 0.05) is 18.7 Å². The van der Waals surface area contributed by atoms with E-state index in [-0.39, 0.29) is 33.6 Å². The average Bonchev–Trinajstić information content (AvgIpc) is 2.84. The number of alkyl halides is 3. The summed E-state index contributed by atoms with van der Waals surface area (Å²) in [5.41, 5.74) is 2.61. The van der Waals surface area contributed by atoms with E-state index >= 15 is 0 Å². The van der Waals surface area contributed by atoms with Gasteiger partial charge < -0.3 is 14.7 Å². The van der Waals surface area contributed by atoms with Gasteiger partial charge in [-0.15, -0.1) is 0 Å². The Labute approximate surface area is 204 Å². The van der Waals surface area contributed by atoms with E-state index in [1.807, 2.05) is 0 Å². The molecular weight excluding hydrogens is 488 g/mol. The largest absolute Gasteiger partial charge is 0.506 e. The van der Waals surface area contributed by atoms with Gasteiger partial charge in [0.2, 0.25) is 0 Å². The summed E-state index contributed by atoms with van der Waals surface area (Å²) in [6.45, 7) is 6.82. The number of phenolic OH excluding ortho intramolecular Hbond substituents is 1. The Balaban J connectivity index is 1.83. The minimum Gasteiger partial charge on any atom is -0.506 e. The number of hydrazone groups is 1. The van der Waals surface area contributed by atoms with Gasteiger partial charge in [0.15, 0.2) is 11.6 Å². The third-order valence-corrected chi connectivity index (χ3v) is 5.31. The summed E-state index contributed by atoms with van der Waals surface area (Å²) in [5, 5.41) is 14.2. The van der Waals surface area contributed by atoms with Gasteiger partial charge >= 0.3 is 6.18 Å². The van der Waals surface area contributed by atoms with Gasteiger partial charge in [-0.3, -0.25) is 5.43 Å². The third kappa shape index (κ3) is 6.83. The Bertz CT molecular complexity index is 1170. The van der Waals surface area contributed by atoms with Crippen LogP contribution in [0.2, 0.25) is 5.02 Å². The lowest BCUT2D eigenvalue weighted by molar-refractivity contribution is -0.137. The number of allylic oxidation sites excluding steroid dienone is 2. The lowest BCUT2D eigenvalue weighted by Gasteiger charge is -2.29. The summed E-state index contributed by atoms with van der Waals surface area (Å²) < 4.78 is 58.8. The fourth-order valence-corrected chi connectivity index (χ4v) is 3.51. The number of hydrogen-bond acceptors (Lipinski definition) is 5. The van der Waals surface area contributed by atoms with E-state index in [4.69, 9.17) is 16.3 Å². The van der Waals surface area contributed by atoms with E-state index in [1.54, 1.807) is 11.8 Å². The predicted molar refractivity (Wildman–Crippen MR) is 128 cm³/mol. The SMILES string of the molecule is C=C/C(F)=C(\N=C(/C)N/N=C\c1cc(-c2cccc(C(F)(F)F)c2)cc(Cl)c1O)N1CCOCC1. The Hall–Kier alpha value is -3.37. The molecule has 1 heterocycles. The molecule has 0 atom stereocenters. The van der Waals surface area contributed by atoms with E-state index in [9.17, 15) is 22.7 Å². The van der Waals surface area contributed by atoms with Crippen molar-refractivity contribution in [3.8, 4) is 16.9 Å². The number of nitrogens with zero attached hydrogens (tertiary/aromatic N) is 3. The Kier molecular flexibility index (Phi) is 8.52. The van der Waals surface area contributed by atoms with Gasteiger partial charge in [0.25, 0.3) is 0 Å². The summed E-state index contributed by atoms with van der Waals surface area (Å²) >= 11 is 6.09. The molecule has 35 heavy (non-hydrogen) atoms. The summed E-state index contributed by atoms with van der Waals surface area (Å²) in [7, 11) is 0. The second-order valence-electron chi connectivity index (χ2n) is 7.52. The number of hydrogen-bond donors (Lipinski definition) is 2. The van der Waals surface area contributed by atoms with Crippen LogP contribution >= 0.6 is 11.6 Å². The highest BCUT2D eigenvalue weighted by molar-refractivity contribution is 6.32. The molecule has 0 aromatic heterocycles. The second-order valence-corrected chi connectivity index (χ2v) is 7.92. The molecule has 1 aliphatic heterocycles. The molecular formula is C24H23ClF4N4O2. The molecule has 3 rings (SSSR count). The molecule has 2 aromatic rings. The summed E-state index contributed by atoms with van der Waals surface area (Å²) in [5.74, 6) is -0.565. The number of ether oxygens (including phenoxy) is 1. The maximum absolute atomic E-state index is 14.3. The second kappa shape index (κ2) is 11.4. The van der Waals surface area contributed by atoms with Gasteiger partial charge in [0.05, 0.1) is 30.0 Å². The van der Waals surface area contributed by atoms with Gasteiger partial charge in [-0.1, -0.05) is 30.3 Å². The molecule has 0 saturated carbocycles. The maximum atomic E-state index is 14.3. The molecule has 0 spiro atoms. The van der Waals surface area contributed by atoms with Crippen LogP contribution in [0.15, 0.2) is 70.8 Å². The van der Waals surface area contributed by atoms with Crippen LogP contribution in [0.1, 0.15) is 18.1 Å². The normalized spacial score (nSPS) is 15.8. The van der Waals surface area contributed by atoms with Crippen molar-refractivity contribution in [2.24, 2.45) is 10.1 Å². The van der Waals surface area contributed by atoms with Crippen molar-refractivity contribution in [3.05, 3.63) is 76.9 Å². The van der Waals surface area contributed by atoms with Crippen LogP contribution in [0.25, 0.3) is 11.1 Å². The average molecular weight is 511 g/mol. The first-order valence-corrected chi connectivity index (χ1v) is 10.9. The van der Waals surface area contributed by atoms with Crippen LogP contribution in [-0.2, 0) is 10.9 Å². The molecule has 2 aromatic carbocycles. The molecule has 6 nitrogen and oxygen atoms in total. The Morgan fingerprint density at radius 3 is 2.57 bits per heavy atom. The molecule has 1 saturated heterocycles. The third-order valence-electron chi connectivity index (χ3n) is 5.02. The Morgan fingerprint density at radius 1 is 1.20 bits per heavy atom. The molecule has 0 unspecified atom stereocenters. The number of aromatic hydroxyl groups is 1. The zero-order valence-corrected chi connectivity index (χ0v) is 19.5. The zero-order chi connectivity index (χ0) is 25.6. The monoisotopic (exact) mass is 510 g/mol. The molecule has 0 radical (unpaired) electrons. The lowest BCUT2D eigenvalue weighted by Crippen LogP contribution is -2.36. The van der Waals surface area contributed by atoms with Gasteiger partial charge in [0.1, 0.15) is 11.6 Å². The molecule has 2 N–H and O–H groups in total. The molecule has 0 bridgehead atoms. The van der Waals surface area contributed by atoms with Gasteiger partial charge in [-0.25, -0.2) is 9.38 Å². The first-order chi connectivity index (χ1) is 16.6. The molecule has 11 heteroatoms. The van der Waals surface area contributed by atoms with E-state index in [2.05, 4.69) is 22.1 Å². The molecule has 0 aliphatic carbocycles. The van der Waals surface area contributed by atoms with Crippen LogP contribution < -0.4 is 5.43 Å². The zero-order valence-electron chi connectivity index (χ0n) is 18.7. The van der Waals surface area contributed by atoms with E-state index in [0.717, 1.165) is 18.2 Å². The number of halogens is 5. The minimum atomic E-state index is -4.50. The smallest absolute Gasteiger partial charge is 0.416 e. The van der Waals surface area contributed by atoms with Crippen molar-refractivity contribution in [1.82, 2.24) is 10.3 Å². The van der Waals surface area contributed by atoms with Crippen molar-refractivity contribution < 1.29 is 27.4 Å². The fourth-order valence-electron chi connectivity index (χ4n) is 3.28. The van der Waals surface area contributed by atoms with Crippen molar-refractivity contribution in [2.45, 2.75) is 13.1 Å². The van der Waals surface area contributed by atoms with Crippen molar-refractivity contribution in [1.29, 1.82) is 0 Å². The first-order valence-electron chi connectivity index (χ1n) is 10.5. The van der Waals surface area contributed by atoms with E-state index < -0.39 is 17.6 Å². The number of aliphatic imine (C=N–C) groups is 1. The van der Waals surface area contributed by atoms with Crippen LogP contribution in [0.5, 0.6) is 5.75 Å². The number of nitrogens with one attached hydrogen (secondary N) is 1. The van der Waals surface area contributed by atoms with Crippen LogP contribution in [0.4, 0.5) is 17.6 Å². The van der Waals surface area contributed by atoms with E-state index in [1.165, 1.54) is 30.5 Å². The highest BCUT2D eigenvalue weighted by Crippen LogP contribution is 2.35. The predicted octanol–water partition coefficient (Wildman–Crippen LogP) is 5.73. The van der Waals surface area contributed by atoms with Crippen LogP contribution in [0, 0.1) is 0 Å². The molecule has 186 valence electrons. The first kappa shape index (κ1) is 26.2. The standard InChI is InChI=1S/C24H23ClF4N4O2/c1-3-21(26)23(33-7-9-35-10-8-33)31-15(2)32-30-14-18-11-17(13-20(25)22(18)34)16-5-4-6-19(12-16)24(27,28)29/h3-6,11-14,34H,1,7-10H2,2H3,(H,31,32)/b23-21-,30-14-. The van der Waals surface area contributed by atoms with E-state index in [0.29, 0.717) is 31.9 Å². The number of amidine groups is 1.